The van der Waals surface area contributed by atoms with Gasteiger partial charge in [0.1, 0.15) is 0 Å². The van der Waals surface area contributed by atoms with Gasteiger partial charge in [-0.25, -0.2) is 0 Å². The Hall–Kier alpha value is 1.31. The molecule has 0 aromatic rings. The van der Waals surface area contributed by atoms with Crippen molar-refractivity contribution in [2.24, 2.45) is 11.3 Å². The van der Waals surface area contributed by atoms with E-state index < -0.39 is 0 Å². The van der Waals surface area contributed by atoms with E-state index in [0.717, 1.165) is 16.6 Å². The van der Waals surface area contributed by atoms with Crippen LogP contribution in [0, 0.1) is 11.3 Å². The fraction of sp³-hybridized carbons (Fsp3) is 1.00. The van der Waals surface area contributed by atoms with Gasteiger partial charge in [-0.05, 0) is 35.7 Å². The molecule has 0 unspecified atom stereocenters. The summed E-state index contributed by atoms with van der Waals surface area (Å²) < 4.78 is 0. The second-order valence-electron chi connectivity index (χ2n) is 4.08. The summed E-state index contributed by atoms with van der Waals surface area (Å²) >= 11 is 9.38. The van der Waals surface area contributed by atoms with Crippen LogP contribution in [-0.4, -0.2) is 22.2 Å². The molecule has 0 saturated heterocycles. The molecule has 0 heterocycles. The summed E-state index contributed by atoms with van der Waals surface area (Å²) in [6.45, 7) is 6.89. The third kappa shape index (κ3) is 4.89. The summed E-state index contributed by atoms with van der Waals surface area (Å²) in [7, 11) is 0. The van der Waals surface area contributed by atoms with Gasteiger partial charge in [0, 0.05) is 10.7 Å². The molecule has 0 atom stereocenters. The van der Waals surface area contributed by atoms with E-state index in [1.165, 1.54) is 24.3 Å². The monoisotopic (exact) mass is 344 g/mol. The predicted molar refractivity (Wildman–Crippen MR) is 77.1 cm³/mol. The average molecular weight is 346 g/mol. The topological polar surface area (TPSA) is 0 Å². The van der Waals surface area contributed by atoms with Gasteiger partial charge in [-0.3, -0.25) is 0 Å². The number of thioether (sulfide) groups is 1. The fourth-order valence-corrected chi connectivity index (χ4v) is 4.86. The SMILES string of the molecule is CCSCCCC(CBr)(CBr)C(C)C. The van der Waals surface area contributed by atoms with Crippen molar-refractivity contribution < 1.29 is 0 Å². The third-order valence-corrected chi connectivity index (χ3v) is 6.14. The van der Waals surface area contributed by atoms with E-state index in [9.17, 15) is 0 Å². The molecule has 0 fully saturated rings. The van der Waals surface area contributed by atoms with Crippen molar-refractivity contribution in [3.05, 3.63) is 0 Å². The number of rotatable bonds is 8. The maximum Gasteiger partial charge on any atom is 0.00984 e. The number of hydrogen-bond acceptors (Lipinski definition) is 1. The van der Waals surface area contributed by atoms with Crippen molar-refractivity contribution >= 4 is 43.6 Å². The van der Waals surface area contributed by atoms with Crippen molar-refractivity contribution in [2.45, 2.75) is 33.6 Å². The minimum Gasteiger partial charge on any atom is -0.162 e. The highest BCUT2D eigenvalue weighted by Gasteiger charge is 2.30. The molecule has 86 valence electrons. The Morgan fingerprint density at radius 2 is 1.79 bits per heavy atom. The van der Waals surface area contributed by atoms with Crippen molar-refractivity contribution in [3.63, 3.8) is 0 Å². The Bertz CT molecular complexity index is 133. The van der Waals surface area contributed by atoms with E-state index >= 15 is 0 Å². The Kier molecular flexibility index (Phi) is 9.25. The van der Waals surface area contributed by atoms with Gasteiger partial charge in [-0.15, -0.1) is 0 Å². The maximum absolute atomic E-state index is 3.67. The van der Waals surface area contributed by atoms with Crippen molar-refractivity contribution in [2.75, 3.05) is 22.2 Å². The minimum absolute atomic E-state index is 0.453. The van der Waals surface area contributed by atoms with Gasteiger partial charge in [0.15, 0.2) is 0 Å². The smallest absolute Gasteiger partial charge is 0.00984 e. The van der Waals surface area contributed by atoms with Crippen LogP contribution < -0.4 is 0 Å². The molecule has 0 aliphatic heterocycles. The van der Waals surface area contributed by atoms with Gasteiger partial charge in [-0.2, -0.15) is 11.8 Å². The van der Waals surface area contributed by atoms with Crippen LogP contribution in [0.15, 0.2) is 0 Å². The third-order valence-electron chi connectivity index (χ3n) is 2.92. The molecule has 0 saturated carbocycles. The van der Waals surface area contributed by atoms with E-state index in [1.807, 2.05) is 0 Å². The highest BCUT2D eigenvalue weighted by atomic mass is 79.9. The molecule has 0 N–H and O–H groups in total. The lowest BCUT2D eigenvalue weighted by molar-refractivity contribution is 0.246. The minimum atomic E-state index is 0.453. The van der Waals surface area contributed by atoms with E-state index in [2.05, 4.69) is 64.4 Å². The Labute approximate surface area is 110 Å². The van der Waals surface area contributed by atoms with Crippen LogP contribution in [0.5, 0.6) is 0 Å². The van der Waals surface area contributed by atoms with Gasteiger partial charge in [0.2, 0.25) is 0 Å². The second kappa shape index (κ2) is 8.46. The lowest BCUT2D eigenvalue weighted by Gasteiger charge is -2.34. The molecular formula is C11H22Br2S. The molecule has 0 aliphatic rings. The molecule has 0 aromatic carbocycles. The van der Waals surface area contributed by atoms with Crippen LogP contribution in [0.2, 0.25) is 0 Å². The lowest BCUT2D eigenvalue weighted by Crippen LogP contribution is -2.31. The second-order valence-corrected chi connectivity index (χ2v) is 6.60. The Morgan fingerprint density at radius 3 is 2.14 bits per heavy atom. The lowest BCUT2D eigenvalue weighted by atomic mass is 9.77. The number of alkyl halides is 2. The zero-order valence-corrected chi connectivity index (χ0v) is 13.5. The van der Waals surface area contributed by atoms with Crippen molar-refractivity contribution in [1.29, 1.82) is 0 Å². The molecule has 14 heavy (non-hydrogen) atoms. The van der Waals surface area contributed by atoms with Gasteiger partial charge < -0.3 is 0 Å². The first-order valence-electron chi connectivity index (χ1n) is 5.32. The van der Waals surface area contributed by atoms with Crippen molar-refractivity contribution in [3.8, 4) is 0 Å². The van der Waals surface area contributed by atoms with Gasteiger partial charge >= 0.3 is 0 Å². The van der Waals surface area contributed by atoms with Crippen LogP contribution in [0.3, 0.4) is 0 Å². The summed E-state index contributed by atoms with van der Waals surface area (Å²) in [6.07, 6.45) is 2.67. The summed E-state index contributed by atoms with van der Waals surface area (Å²) in [6, 6.07) is 0. The zero-order chi connectivity index (χ0) is 11.0. The van der Waals surface area contributed by atoms with Crippen LogP contribution >= 0.6 is 43.6 Å². The maximum atomic E-state index is 3.67. The molecule has 0 aromatic heterocycles. The fourth-order valence-electron chi connectivity index (χ4n) is 1.44. The van der Waals surface area contributed by atoms with Crippen LogP contribution in [-0.2, 0) is 0 Å². The highest BCUT2D eigenvalue weighted by molar-refractivity contribution is 9.09. The molecule has 3 heteroatoms. The standard InChI is InChI=1S/C11H22Br2S/c1-4-14-7-5-6-11(8-12,9-13)10(2)3/h10H,4-9H2,1-3H3. The normalized spacial score (nSPS) is 12.4. The van der Waals surface area contributed by atoms with Crippen molar-refractivity contribution in [1.82, 2.24) is 0 Å². The first-order valence-corrected chi connectivity index (χ1v) is 8.72. The first kappa shape index (κ1) is 15.3. The molecule has 0 spiro atoms. The van der Waals surface area contributed by atoms with E-state index in [0.29, 0.717) is 5.41 Å². The predicted octanol–water partition coefficient (Wildman–Crippen LogP) is 4.95. The summed E-state index contributed by atoms with van der Waals surface area (Å²) in [4.78, 5) is 0. The van der Waals surface area contributed by atoms with Crippen LogP contribution in [0.1, 0.15) is 33.6 Å². The van der Waals surface area contributed by atoms with E-state index in [4.69, 9.17) is 0 Å². The molecule has 0 amide bonds. The van der Waals surface area contributed by atoms with Crippen LogP contribution in [0.25, 0.3) is 0 Å². The summed E-state index contributed by atoms with van der Waals surface area (Å²) in [5.41, 5.74) is 0.453. The highest BCUT2D eigenvalue weighted by Crippen LogP contribution is 2.37. The summed E-state index contributed by atoms with van der Waals surface area (Å²) in [5, 5.41) is 2.22. The average Bonchev–Trinajstić information content (AvgIpc) is 2.18. The van der Waals surface area contributed by atoms with E-state index in [1.54, 1.807) is 0 Å². The molecule has 0 aliphatic carbocycles. The van der Waals surface area contributed by atoms with E-state index in [-0.39, 0.29) is 0 Å². The molecule has 0 nitrogen and oxygen atoms in total. The molecular weight excluding hydrogens is 324 g/mol. The molecule has 0 radical (unpaired) electrons. The Morgan fingerprint density at radius 1 is 1.21 bits per heavy atom. The first-order chi connectivity index (χ1) is 6.63. The Balaban J connectivity index is 3.95. The van der Waals surface area contributed by atoms with Gasteiger partial charge in [0.05, 0.1) is 0 Å². The molecule has 0 bridgehead atoms. The quantitative estimate of drug-likeness (QED) is 0.443. The van der Waals surface area contributed by atoms with Gasteiger partial charge in [-0.1, -0.05) is 52.6 Å². The number of hydrogen-bond donors (Lipinski definition) is 0. The zero-order valence-electron chi connectivity index (χ0n) is 9.48. The number of halogens is 2. The van der Waals surface area contributed by atoms with Gasteiger partial charge in [0.25, 0.3) is 0 Å². The summed E-state index contributed by atoms with van der Waals surface area (Å²) in [5.74, 6) is 3.30. The molecule has 0 rings (SSSR count). The van der Waals surface area contributed by atoms with Crippen LogP contribution in [0.4, 0.5) is 0 Å². The largest absolute Gasteiger partial charge is 0.162 e.